The molecule has 4 heteroatoms. The highest BCUT2D eigenvalue weighted by atomic mass is 79.9. The Morgan fingerprint density at radius 3 is 2.50 bits per heavy atom. The average Bonchev–Trinajstić information content (AvgIpc) is 2.72. The van der Waals surface area contributed by atoms with Gasteiger partial charge in [-0.2, -0.15) is 5.10 Å². The number of rotatable bonds is 5. The second-order valence-corrected chi connectivity index (χ2v) is 5.67. The van der Waals surface area contributed by atoms with Gasteiger partial charge in [-0.15, -0.1) is 0 Å². The Morgan fingerprint density at radius 2 is 1.95 bits per heavy atom. The van der Waals surface area contributed by atoms with Crippen molar-refractivity contribution in [3.63, 3.8) is 0 Å². The van der Waals surface area contributed by atoms with E-state index in [0.29, 0.717) is 5.92 Å². The molecule has 0 aliphatic heterocycles. The van der Waals surface area contributed by atoms with Gasteiger partial charge in [-0.25, -0.2) is 4.68 Å². The molecular formula is C16H21BrN2O. The SMILES string of the molecule is CCC(C)c1ccc(Oc2c(CBr)c(C)nn2C)cc1. The minimum atomic E-state index is 0.584. The molecule has 0 saturated heterocycles. The largest absolute Gasteiger partial charge is 0.439 e. The number of alkyl halides is 1. The predicted molar refractivity (Wildman–Crippen MR) is 85.8 cm³/mol. The number of halogens is 1. The molecule has 1 atom stereocenters. The van der Waals surface area contributed by atoms with Crippen LogP contribution in [0.2, 0.25) is 0 Å². The first-order valence-electron chi connectivity index (χ1n) is 6.93. The van der Waals surface area contributed by atoms with E-state index in [4.69, 9.17) is 4.74 Å². The summed E-state index contributed by atoms with van der Waals surface area (Å²) >= 11 is 3.49. The highest BCUT2D eigenvalue weighted by Crippen LogP contribution is 2.30. The number of ether oxygens (including phenoxy) is 1. The van der Waals surface area contributed by atoms with Crippen LogP contribution in [0, 0.1) is 6.92 Å². The van der Waals surface area contributed by atoms with Gasteiger partial charge in [-0.1, -0.05) is 41.9 Å². The molecule has 1 aromatic carbocycles. The van der Waals surface area contributed by atoms with Gasteiger partial charge in [0.05, 0.1) is 5.69 Å². The van der Waals surface area contributed by atoms with E-state index in [1.807, 2.05) is 26.1 Å². The molecule has 0 spiro atoms. The number of hydrogen-bond donors (Lipinski definition) is 0. The Labute approximate surface area is 129 Å². The second-order valence-electron chi connectivity index (χ2n) is 5.11. The maximum atomic E-state index is 5.99. The molecule has 20 heavy (non-hydrogen) atoms. The van der Waals surface area contributed by atoms with Crippen LogP contribution in [0.5, 0.6) is 11.6 Å². The maximum absolute atomic E-state index is 5.99. The summed E-state index contributed by atoms with van der Waals surface area (Å²) in [5.74, 6) is 2.24. The van der Waals surface area contributed by atoms with Crippen molar-refractivity contribution in [2.45, 2.75) is 38.4 Å². The number of aryl methyl sites for hydroxylation is 2. The highest BCUT2D eigenvalue weighted by molar-refractivity contribution is 9.08. The quantitative estimate of drug-likeness (QED) is 0.724. The first kappa shape index (κ1) is 15.1. The van der Waals surface area contributed by atoms with Gasteiger partial charge >= 0.3 is 0 Å². The van der Waals surface area contributed by atoms with Crippen molar-refractivity contribution in [1.82, 2.24) is 9.78 Å². The van der Waals surface area contributed by atoms with Crippen LogP contribution >= 0.6 is 15.9 Å². The van der Waals surface area contributed by atoms with Gasteiger partial charge in [0.2, 0.25) is 5.88 Å². The summed E-state index contributed by atoms with van der Waals surface area (Å²) in [6.45, 7) is 6.44. The van der Waals surface area contributed by atoms with Crippen molar-refractivity contribution in [3.05, 3.63) is 41.1 Å². The van der Waals surface area contributed by atoms with E-state index in [1.165, 1.54) is 5.56 Å². The molecular weight excluding hydrogens is 316 g/mol. The van der Waals surface area contributed by atoms with Gasteiger partial charge in [0.25, 0.3) is 0 Å². The van der Waals surface area contributed by atoms with Crippen LogP contribution in [0.3, 0.4) is 0 Å². The summed E-state index contributed by atoms with van der Waals surface area (Å²) in [5, 5.41) is 5.14. The molecule has 0 fully saturated rings. The first-order valence-corrected chi connectivity index (χ1v) is 8.05. The Morgan fingerprint density at radius 1 is 1.30 bits per heavy atom. The fourth-order valence-corrected chi connectivity index (χ4v) is 2.82. The van der Waals surface area contributed by atoms with E-state index in [0.717, 1.165) is 34.6 Å². The van der Waals surface area contributed by atoms with E-state index < -0.39 is 0 Å². The lowest BCUT2D eigenvalue weighted by Crippen LogP contribution is -1.97. The predicted octanol–water partition coefficient (Wildman–Crippen LogP) is 4.93. The van der Waals surface area contributed by atoms with Crippen molar-refractivity contribution in [2.24, 2.45) is 7.05 Å². The number of aromatic nitrogens is 2. The number of nitrogens with zero attached hydrogens (tertiary/aromatic N) is 2. The Hall–Kier alpha value is -1.29. The molecule has 108 valence electrons. The molecule has 1 unspecified atom stereocenters. The van der Waals surface area contributed by atoms with Crippen LogP contribution in [0.4, 0.5) is 0 Å². The lowest BCUT2D eigenvalue weighted by atomic mass is 9.99. The van der Waals surface area contributed by atoms with Crippen LogP contribution in [0.25, 0.3) is 0 Å². The molecule has 3 nitrogen and oxygen atoms in total. The third kappa shape index (κ3) is 3.06. The zero-order chi connectivity index (χ0) is 14.7. The second kappa shape index (κ2) is 6.44. The molecule has 1 heterocycles. The third-order valence-corrected chi connectivity index (χ3v) is 4.26. The van der Waals surface area contributed by atoms with Gasteiger partial charge in [-0.3, -0.25) is 0 Å². The summed E-state index contributed by atoms with van der Waals surface area (Å²) < 4.78 is 7.78. The summed E-state index contributed by atoms with van der Waals surface area (Å²) in [4.78, 5) is 0. The average molecular weight is 337 g/mol. The van der Waals surface area contributed by atoms with Crippen LogP contribution in [-0.4, -0.2) is 9.78 Å². The molecule has 2 aromatic rings. The molecule has 1 aromatic heterocycles. The van der Waals surface area contributed by atoms with E-state index in [9.17, 15) is 0 Å². The monoisotopic (exact) mass is 336 g/mol. The summed E-state index contributed by atoms with van der Waals surface area (Å²) in [6.07, 6.45) is 1.15. The van der Waals surface area contributed by atoms with E-state index >= 15 is 0 Å². The normalized spacial score (nSPS) is 12.4. The van der Waals surface area contributed by atoms with Crippen molar-refractivity contribution >= 4 is 15.9 Å². The Balaban J connectivity index is 2.22. The number of hydrogen-bond acceptors (Lipinski definition) is 2. The lowest BCUT2D eigenvalue weighted by molar-refractivity contribution is 0.427. The Kier molecular flexibility index (Phi) is 4.86. The minimum Gasteiger partial charge on any atom is -0.439 e. The summed E-state index contributed by atoms with van der Waals surface area (Å²) in [5.41, 5.74) is 3.44. The van der Waals surface area contributed by atoms with Crippen LogP contribution in [-0.2, 0) is 12.4 Å². The number of benzene rings is 1. The van der Waals surface area contributed by atoms with Gasteiger partial charge in [0, 0.05) is 17.9 Å². The lowest BCUT2D eigenvalue weighted by Gasteiger charge is -2.11. The first-order chi connectivity index (χ1) is 9.56. The van der Waals surface area contributed by atoms with E-state index in [-0.39, 0.29) is 0 Å². The molecule has 0 aliphatic carbocycles. The molecule has 0 N–H and O–H groups in total. The van der Waals surface area contributed by atoms with Crippen LogP contribution in [0.15, 0.2) is 24.3 Å². The summed E-state index contributed by atoms with van der Waals surface area (Å²) in [7, 11) is 1.90. The van der Waals surface area contributed by atoms with E-state index in [1.54, 1.807) is 4.68 Å². The molecule has 0 saturated carbocycles. The summed E-state index contributed by atoms with van der Waals surface area (Å²) in [6, 6.07) is 8.34. The van der Waals surface area contributed by atoms with Crippen molar-refractivity contribution in [2.75, 3.05) is 0 Å². The molecule has 2 rings (SSSR count). The zero-order valence-corrected chi connectivity index (χ0v) is 14.1. The molecule has 0 aliphatic rings. The molecule has 0 bridgehead atoms. The van der Waals surface area contributed by atoms with Crippen molar-refractivity contribution < 1.29 is 4.74 Å². The molecule has 0 amide bonds. The van der Waals surface area contributed by atoms with Crippen molar-refractivity contribution in [3.8, 4) is 11.6 Å². The minimum absolute atomic E-state index is 0.584. The fraction of sp³-hybridized carbons (Fsp3) is 0.438. The third-order valence-electron chi connectivity index (χ3n) is 3.70. The van der Waals surface area contributed by atoms with Gasteiger partial charge in [-0.05, 0) is 37.0 Å². The van der Waals surface area contributed by atoms with Gasteiger partial charge in [0.15, 0.2) is 0 Å². The smallest absolute Gasteiger partial charge is 0.221 e. The topological polar surface area (TPSA) is 27.1 Å². The van der Waals surface area contributed by atoms with Crippen molar-refractivity contribution in [1.29, 1.82) is 0 Å². The zero-order valence-electron chi connectivity index (χ0n) is 12.5. The van der Waals surface area contributed by atoms with E-state index in [2.05, 4.69) is 47.0 Å². The molecule has 0 radical (unpaired) electrons. The fourth-order valence-electron chi connectivity index (χ4n) is 2.17. The maximum Gasteiger partial charge on any atom is 0.221 e. The standard InChI is InChI=1S/C16H21BrN2O/c1-5-11(2)13-6-8-14(9-7-13)20-16-15(10-17)12(3)18-19(16)4/h6-9,11H,5,10H2,1-4H3. The van der Waals surface area contributed by atoms with Crippen LogP contribution < -0.4 is 4.74 Å². The Bertz CT molecular complexity index is 575. The van der Waals surface area contributed by atoms with Gasteiger partial charge < -0.3 is 4.74 Å². The van der Waals surface area contributed by atoms with Crippen LogP contribution in [0.1, 0.15) is 43.0 Å². The highest BCUT2D eigenvalue weighted by Gasteiger charge is 2.14. The van der Waals surface area contributed by atoms with Gasteiger partial charge in [0.1, 0.15) is 5.75 Å².